The second-order valence-electron chi connectivity index (χ2n) is 25.2. The van der Waals surface area contributed by atoms with Crippen molar-refractivity contribution in [3.8, 4) is 78.8 Å². The van der Waals surface area contributed by atoms with Gasteiger partial charge in [0.15, 0.2) is 23.0 Å². The quantitative estimate of drug-likeness (QED) is 0.163. The Morgan fingerprint density at radius 3 is 1.54 bits per heavy atom. The summed E-state index contributed by atoms with van der Waals surface area (Å²) in [5.41, 5.74) is 29.3. The van der Waals surface area contributed by atoms with Crippen molar-refractivity contribution in [3.05, 3.63) is 221 Å². The van der Waals surface area contributed by atoms with E-state index >= 15 is 0 Å². The molecule has 400 valence electrons. The van der Waals surface area contributed by atoms with Gasteiger partial charge in [0.25, 0.3) is 6.71 Å². The number of hydrogen-bond donors (Lipinski definition) is 0. The van der Waals surface area contributed by atoms with Crippen LogP contribution in [0.4, 0.5) is 34.1 Å². The maximum atomic E-state index is 6.55. The number of hydrogen-bond acceptors (Lipinski definition) is 7. The summed E-state index contributed by atoms with van der Waals surface area (Å²) in [6.07, 6.45) is 0. The number of furan rings is 1. The predicted octanol–water partition coefficient (Wildman–Crippen LogP) is 16.3. The first-order valence-corrected chi connectivity index (χ1v) is 29.3. The zero-order valence-electron chi connectivity index (χ0n) is 47.2. The van der Waals surface area contributed by atoms with Gasteiger partial charge in [0.05, 0.1) is 5.69 Å². The summed E-state index contributed by atoms with van der Waals surface area (Å²) < 4.78 is 32.1. The van der Waals surface area contributed by atoms with Crippen LogP contribution in [0.2, 0.25) is 0 Å². The third kappa shape index (κ3) is 6.41. The van der Waals surface area contributed by atoms with Gasteiger partial charge in [0.1, 0.15) is 37.8 Å². The summed E-state index contributed by atoms with van der Waals surface area (Å²) in [7, 11) is 0. The molecule has 18 rings (SSSR count). The van der Waals surface area contributed by atoms with E-state index in [9.17, 15) is 0 Å². The minimum absolute atomic E-state index is 0.190. The average molecular weight is 1080 g/mol. The molecular formula is C75H57BN2O5. The van der Waals surface area contributed by atoms with Gasteiger partial charge < -0.3 is 33.2 Å². The summed E-state index contributed by atoms with van der Waals surface area (Å²) in [4.78, 5) is 5.07. The van der Waals surface area contributed by atoms with Gasteiger partial charge in [0.2, 0.25) is 0 Å². The van der Waals surface area contributed by atoms with Crippen molar-refractivity contribution in [3.63, 3.8) is 0 Å². The molecule has 83 heavy (non-hydrogen) atoms. The van der Waals surface area contributed by atoms with Gasteiger partial charge in [-0.05, 0) is 167 Å². The highest BCUT2D eigenvalue weighted by atomic mass is 16.6. The van der Waals surface area contributed by atoms with E-state index in [0.717, 1.165) is 90.3 Å². The lowest BCUT2D eigenvalue weighted by Crippen LogP contribution is -2.61. The van der Waals surface area contributed by atoms with Crippen molar-refractivity contribution in [2.75, 3.05) is 36.2 Å². The molecule has 0 saturated carbocycles. The van der Waals surface area contributed by atoms with E-state index in [2.05, 4.69) is 227 Å². The first-order valence-electron chi connectivity index (χ1n) is 29.3. The van der Waals surface area contributed by atoms with Crippen molar-refractivity contribution in [2.24, 2.45) is 0 Å². The van der Waals surface area contributed by atoms with Crippen LogP contribution in [-0.4, -0.2) is 33.1 Å². The van der Waals surface area contributed by atoms with Crippen LogP contribution in [0.5, 0.6) is 23.0 Å². The zero-order valence-corrected chi connectivity index (χ0v) is 47.2. The second kappa shape index (κ2) is 16.4. The van der Waals surface area contributed by atoms with Crippen LogP contribution in [0, 0.1) is 0 Å². The van der Waals surface area contributed by atoms with Crippen molar-refractivity contribution in [1.29, 1.82) is 0 Å². The van der Waals surface area contributed by atoms with Gasteiger partial charge in [0, 0.05) is 67.8 Å². The van der Waals surface area contributed by atoms with E-state index in [1.165, 1.54) is 83.4 Å². The monoisotopic (exact) mass is 1080 g/mol. The topological polar surface area (TPSA) is 56.5 Å². The molecule has 0 saturated heterocycles. The average Bonchev–Trinajstić information content (AvgIpc) is 1.63. The Kier molecular flexibility index (Phi) is 9.35. The van der Waals surface area contributed by atoms with E-state index in [0.29, 0.717) is 26.4 Å². The molecule has 1 aromatic heterocycles. The lowest BCUT2D eigenvalue weighted by atomic mass is 9.33. The molecule has 0 N–H and O–H groups in total. The molecule has 0 radical (unpaired) electrons. The lowest BCUT2D eigenvalue weighted by Gasteiger charge is -2.45. The first-order chi connectivity index (χ1) is 40.4. The predicted molar refractivity (Wildman–Crippen MR) is 336 cm³/mol. The largest absolute Gasteiger partial charge is 0.486 e. The summed E-state index contributed by atoms with van der Waals surface area (Å²) in [6.45, 7) is 16.1. The first kappa shape index (κ1) is 47.3. The molecule has 7 nitrogen and oxygen atoms in total. The highest BCUT2D eigenvalue weighted by Gasteiger charge is 2.48. The zero-order chi connectivity index (χ0) is 55.4. The number of ether oxygens (including phenoxy) is 4. The molecule has 0 spiro atoms. The summed E-state index contributed by atoms with van der Waals surface area (Å²) in [6, 6.07) is 70.7. The lowest BCUT2D eigenvalue weighted by molar-refractivity contribution is 0.171. The molecule has 11 aromatic rings. The van der Waals surface area contributed by atoms with Crippen LogP contribution >= 0.6 is 0 Å². The summed E-state index contributed by atoms with van der Waals surface area (Å²) in [5.74, 6) is 3.87. The van der Waals surface area contributed by atoms with E-state index in [1.54, 1.807) is 0 Å². The van der Waals surface area contributed by atoms with Crippen LogP contribution in [0.15, 0.2) is 192 Å². The maximum Gasteiger partial charge on any atom is 0.252 e. The molecule has 4 aliphatic heterocycles. The van der Waals surface area contributed by atoms with Crippen molar-refractivity contribution >= 4 is 68.2 Å². The smallest absolute Gasteiger partial charge is 0.252 e. The minimum Gasteiger partial charge on any atom is -0.486 e. The Bertz CT molecular complexity index is 4680. The number of nitrogens with zero attached hydrogens (tertiary/aromatic N) is 2. The Morgan fingerprint density at radius 2 is 0.843 bits per heavy atom. The van der Waals surface area contributed by atoms with Crippen molar-refractivity contribution in [2.45, 2.75) is 57.8 Å². The number of anilines is 6. The fourth-order valence-electron chi connectivity index (χ4n) is 15.6. The van der Waals surface area contributed by atoms with E-state index < -0.39 is 0 Å². The molecule has 7 aliphatic rings. The maximum absolute atomic E-state index is 6.55. The van der Waals surface area contributed by atoms with E-state index in [4.69, 9.17) is 23.4 Å². The second-order valence-corrected chi connectivity index (χ2v) is 25.2. The number of benzene rings is 10. The third-order valence-corrected chi connectivity index (χ3v) is 19.8. The molecule has 5 heterocycles. The van der Waals surface area contributed by atoms with Crippen LogP contribution < -0.4 is 45.1 Å². The Labute approximate surface area is 483 Å². The molecule has 0 fully saturated rings. The Morgan fingerprint density at radius 1 is 0.349 bits per heavy atom. The van der Waals surface area contributed by atoms with Gasteiger partial charge in [-0.2, -0.15) is 0 Å². The fourth-order valence-corrected chi connectivity index (χ4v) is 15.6. The Balaban J connectivity index is 0.908. The van der Waals surface area contributed by atoms with Crippen LogP contribution in [0.3, 0.4) is 0 Å². The standard InChI is InChI=1S/C75H57BN2O5/c1-73(2)54-16-10-8-14-48(54)52-25-21-46(36-58(52)73)77-62-39-59-53(49-15-9-11-17-55(49)74(59,3)4)38-60(62)76-61-40-70-71(82-30-29-81-70)41-63(61)78(47-22-26-67-69(37-47)80-28-27-79-67)65-34-45(33-64(77)72(65)76)42-19-23-50-51-24-20-44(32-57(51)75(5,6)56(50)31-42)68-35-43-13-7-12-18-66(43)83-68/h7-26,31-41H,27-30H2,1-6H3. The molecule has 10 aromatic carbocycles. The molecule has 8 heteroatoms. The summed E-state index contributed by atoms with van der Waals surface area (Å²) >= 11 is 0. The van der Waals surface area contributed by atoms with Gasteiger partial charge >= 0.3 is 0 Å². The fraction of sp³-hybridized carbons (Fsp3) is 0.173. The van der Waals surface area contributed by atoms with Gasteiger partial charge in [-0.15, -0.1) is 0 Å². The van der Waals surface area contributed by atoms with Crippen molar-refractivity contribution < 1.29 is 23.4 Å². The highest BCUT2D eigenvalue weighted by molar-refractivity contribution is 7.00. The summed E-state index contributed by atoms with van der Waals surface area (Å²) in [5, 5.41) is 1.11. The molecule has 0 bridgehead atoms. The SMILES string of the molecule is CC1(C)c2cc(-c3cc4c5c(c3)N(c3ccc6c(c3)C(C)(C)c3ccccc3-6)c3cc6c(cc3B5c3cc5c(cc3N4c3ccc4c(c3)OCCO4)OCCO5)-c3ccccc3C6(C)C)ccc2-c2ccc(-c3cc4ccccc4o3)cc21. The molecule has 0 atom stereocenters. The molecule has 0 amide bonds. The normalized spacial score (nSPS) is 16.7. The minimum atomic E-state index is -0.307. The third-order valence-electron chi connectivity index (χ3n) is 19.8. The van der Waals surface area contributed by atoms with Crippen molar-refractivity contribution in [1.82, 2.24) is 0 Å². The van der Waals surface area contributed by atoms with Gasteiger partial charge in [-0.3, -0.25) is 0 Å². The van der Waals surface area contributed by atoms with E-state index in [1.807, 2.05) is 12.1 Å². The molecule has 3 aliphatic carbocycles. The van der Waals surface area contributed by atoms with Crippen LogP contribution in [0.25, 0.3) is 66.8 Å². The van der Waals surface area contributed by atoms with Gasteiger partial charge in [-0.1, -0.05) is 145 Å². The number of fused-ring (bicyclic) bond motifs is 16. The highest BCUT2D eigenvalue weighted by Crippen LogP contribution is 2.57. The molecular weight excluding hydrogens is 1020 g/mol. The van der Waals surface area contributed by atoms with Crippen LogP contribution in [-0.2, 0) is 16.2 Å². The molecule has 0 unspecified atom stereocenters. The Hall–Kier alpha value is -9.40. The number of para-hydroxylation sites is 1. The number of rotatable bonds is 4. The van der Waals surface area contributed by atoms with Crippen LogP contribution in [0.1, 0.15) is 74.9 Å². The van der Waals surface area contributed by atoms with E-state index in [-0.39, 0.29) is 23.0 Å². The van der Waals surface area contributed by atoms with Gasteiger partial charge in [-0.25, -0.2) is 0 Å².